The molecule has 0 N–H and O–H groups in total. The lowest BCUT2D eigenvalue weighted by molar-refractivity contribution is 0.0664. The molecule has 148 valence electrons. The zero-order valence-corrected chi connectivity index (χ0v) is 17.1. The Morgan fingerprint density at radius 1 is 0.966 bits per heavy atom. The summed E-state index contributed by atoms with van der Waals surface area (Å²) in [5.74, 6) is -0.0684. The lowest BCUT2D eigenvalue weighted by atomic mass is 10.1. The summed E-state index contributed by atoms with van der Waals surface area (Å²) in [6, 6.07) is 14.2. The molecule has 0 saturated heterocycles. The van der Waals surface area contributed by atoms with Crippen LogP contribution in [0.2, 0.25) is 0 Å². The van der Waals surface area contributed by atoms with Gasteiger partial charge in [0.15, 0.2) is 5.16 Å². The van der Waals surface area contributed by atoms with Crippen molar-refractivity contribution in [3.8, 4) is 0 Å². The summed E-state index contributed by atoms with van der Waals surface area (Å²) in [5.41, 5.74) is 1.49. The molecule has 7 heteroatoms. The van der Waals surface area contributed by atoms with Gasteiger partial charge in [0.2, 0.25) is 0 Å². The third kappa shape index (κ3) is 3.35. The van der Waals surface area contributed by atoms with Gasteiger partial charge in [0.05, 0.1) is 22.0 Å². The first-order valence-corrected chi connectivity index (χ1v) is 10.6. The van der Waals surface area contributed by atoms with Gasteiger partial charge in [-0.2, -0.15) is 0 Å². The Hall–Kier alpha value is -2.93. The molecule has 6 nitrogen and oxygen atoms in total. The summed E-state index contributed by atoms with van der Waals surface area (Å²) in [4.78, 5) is 44.0. The first kappa shape index (κ1) is 19.4. The van der Waals surface area contributed by atoms with Crippen molar-refractivity contribution in [1.82, 2.24) is 14.5 Å². The largest absolute Gasteiger partial charge is 0.284 e. The lowest BCUT2D eigenvalue weighted by Crippen LogP contribution is -2.32. The molecule has 2 amide bonds. The van der Waals surface area contributed by atoms with Gasteiger partial charge in [0.25, 0.3) is 17.4 Å². The topological polar surface area (TPSA) is 72.3 Å². The standard InChI is InChI=1S/C22H21N3O3S/c1-3-14(2)25-21(28)17-10-6-7-11-18(17)23-22(25)29-13-12-24-19(26)15-8-4-5-9-16(15)20(24)27/h4-11,14H,3,12-13H2,1-2H3. The van der Waals surface area contributed by atoms with E-state index in [-0.39, 0.29) is 30.0 Å². The van der Waals surface area contributed by atoms with Crippen molar-refractivity contribution < 1.29 is 9.59 Å². The summed E-state index contributed by atoms with van der Waals surface area (Å²) >= 11 is 1.40. The fraction of sp³-hybridized carbons (Fsp3) is 0.273. The van der Waals surface area contributed by atoms with Gasteiger partial charge in [-0.25, -0.2) is 4.98 Å². The van der Waals surface area contributed by atoms with Crippen LogP contribution in [0.5, 0.6) is 0 Å². The molecular weight excluding hydrogens is 386 g/mol. The predicted molar refractivity (Wildman–Crippen MR) is 114 cm³/mol. The third-order valence-electron chi connectivity index (χ3n) is 5.23. The number of para-hydroxylation sites is 1. The summed E-state index contributed by atoms with van der Waals surface area (Å²) in [5, 5.41) is 1.21. The number of rotatable bonds is 6. The van der Waals surface area contributed by atoms with Crippen LogP contribution in [0.4, 0.5) is 0 Å². The number of aromatic nitrogens is 2. The van der Waals surface area contributed by atoms with Gasteiger partial charge in [0.1, 0.15) is 0 Å². The molecule has 1 unspecified atom stereocenters. The maximum Gasteiger partial charge on any atom is 0.262 e. The van der Waals surface area contributed by atoms with Gasteiger partial charge < -0.3 is 0 Å². The normalized spacial score (nSPS) is 14.5. The van der Waals surface area contributed by atoms with Gasteiger partial charge >= 0.3 is 0 Å². The Morgan fingerprint density at radius 3 is 2.24 bits per heavy atom. The highest BCUT2D eigenvalue weighted by atomic mass is 32.2. The molecular formula is C22H21N3O3S. The zero-order chi connectivity index (χ0) is 20.5. The van der Waals surface area contributed by atoms with Gasteiger partial charge in [-0.15, -0.1) is 0 Å². The summed E-state index contributed by atoms with van der Waals surface area (Å²) < 4.78 is 1.72. The van der Waals surface area contributed by atoms with Crippen LogP contribution < -0.4 is 5.56 Å². The molecule has 2 aromatic carbocycles. The Bertz CT molecular complexity index is 1140. The second kappa shape index (κ2) is 7.83. The molecule has 2 heterocycles. The molecule has 3 aromatic rings. The maximum absolute atomic E-state index is 13.0. The van der Waals surface area contributed by atoms with E-state index in [4.69, 9.17) is 0 Å². The van der Waals surface area contributed by atoms with E-state index in [0.29, 0.717) is 32.9 Å². The van der Waals surface area contributed by atoms with Crippen LogP contribution in [-0.4, -0.2) is 38.6 Å². The number of imide groups is 1. The van der Waals surface area contributed by atoms with Crippen LogP contribution in [0.1, 0.15) is 47.0 Å². The van der Waals surface area contributed by atoms with E-state index in [1.54, 1.807) is 34.9 Å². The Kier molecular flexibility index (Phi) is 5.24. The van der Waals surface area contributed by atoms with Crippen molar-refractivity contribution >= 4 is 34.5 Å². The highest BCUT2D eigenvalue weighted by Crippen LogP contribution is 2.25. The smallest absolute Gasteiger partial charge is 0.262 e. The van der Waals surface area contributed by atoms with Crippen molar-refractivity contribution in [2.24, 2.45) is 0 Å². The average molecular weight is 407 g/mol. The number of carbonyl (C=O) groups excluding carboxylic acids is 2. The molecule has 0 radical (unpaired) electrons. The second-order valence-electron chi connectivity index (χ2n) is 7.00. The molecule has 0 saturated carbocycles. The number of hydrogen-bond donors (Lipinski definition) is 0. The summed E-state index contributed by atoms with van der Waals surface area (Å²) in [6.07, 6.45) is 0.798. The fourth-order valence-electron chi connectivity index (χ4n) is 3.47. The number of benzene rings is 2. The van der Waals surface area contributed by atoms with Crippen LogP contribution in [0.15, 0.2) is 58.5 Å². The number of thioether (sulfide) groups is 1. The van der Waals surface area contributed by atoms with E-state index >= 15 is 0 Å². The van der Waals surface area contributed by atoms with E-state index in [1.807, 2.05) is 32.0 Å². The molecule has 1 aliphatic rings. The van der Waals surface area contributed by atoms with Crippen LogP contribution in [0.3, 0.4) is 0 Å². The Balaban J connectivity index is 1.58. The minimum atomic E-state index is -0.267. The van der Waals surface area contributed by atoms with E-state index in [1.165, 1.54) is 16.7 Å². The average Bonchev–Trinajstić information content (AvgIpc) is 2.98. The minimum Gasteiger partial charge on any atom is -0.284 e. The second-order valence-corrected chi connectivity index (χ2v) is 8.06. The monoisotopic (exact) mass is 407 g/mol. The zero-order valence-electron chi connectivity index (χ0n) is 16.3. The van der Waals surface area contributed by atoms with Gasteiger partial charge in [-0.3, -0.25) is 23.9 Å². The molecule has 4 rings (SSSR count). The van der Waals surface area contributed by atoms with Crippen LogP contribution in [0, 0.1) is 0 Å². The van der Waals surface area contributed by atoms with Gasteiger partial charge in [0, 0.05) is 18.3 Å². The van der Waals surface area contributed by atoms with Crippen molar-refractivity contribution in [3.63, 3.8) is 0 Å². The molecule has 29 heavy (non-hydrogen) atoms. The fourth-order valence-corrected chi connectivity index (χ4v) is 4.49. The van der Waals surface area contributed by atoms with Crippen molar-refractivity contribution in [1.29, 1.82) is 0 Å². The number of amides is 2. The highest BCUT2D eigenvalue weighted by molar-refractivity contribution is 7.99. The van der Waals surface area contributed by atoms with Crippen LogP contribution >= 0.6 is 11.8 Å². The maximum atomic E-state index is 13.0. The molecule has 0 bridgehead atoms. The quantitative estimate of drug-likeness (QED) is 0.353. The molecule has 1 aliphatic heterocycles. The minimum absolute atomic E-state index is 0.00131. The summed E-state index contributed by atoms with van der Waals surface area (Å²) in [6.45, 7) is 4.28. The number of hydrogen-bond acceptors (Lipinski definition) is 5. The number of carbonyl (C=O) groups is 2. The van der Waals surface area contributed by atoms with E-state index in [2.05, 4.69) is 4.98 Å². The van der Waals surface area contributed by atoms with E-state index in [9.17, 15) is 14.4 Å². The van der Waals surface area contributed by atoms with Crippen LogP contribution in [-0.2, 0) is 0 Å². The highest BCUT2D eigenvalue weighted by Gasteiger charge is 2.34. The van der Waals surface area contributed by atoms with Crippen molar-refractivity contribution in [2.75, 3.05) is 12.3 Å². The van der Waals surface area contributed by atoms with Crippen molar-refractivity contribution in [2.45, 2.75) is 31.5 Å². The first-order valence-electron chi connectivity index (χ1n) is 9.62. The lowest BCUT2D eigenvalue weighted by Gasteiger charge is -2.19. The van der Waals surface area contributed by atoms with Crippen molar-refractivity contribution in [3.05, 3.63) is 70.0 Å². The summed E-state index contributed by atoms with van der Waals surface area (Å²) in [7, 11) is 0. The van der Waals surface area contributed by atoms with E-state index in [0.717, 1.165) is 6.42 Å². The molecule has 0 fully saturated rings. The van der Waals surface area contributed by atoms with E-state index < -0.39 is 0 Å². The van der Waals surface area contributed by atoms with Gasteiger partial charge in [-0.05, 0) is 37.6 Å². The number of nitrogens with zero attached hydrogens (tertiary/aromatic N) is 3. The number of fused-ring (bicyclic) bond motifs is 2. The Morgan fingerprint density at radius 2 is 1.59 bits per heavy atom. The molecule has 1 atom stereocenters. The molecule has 1 aromatic heterocycles. The molecule has 0 aliphatic carbocycles. The van der Waals surface area contributed by atoms with Crippen LogP contribution in [0.25, 0.3) is 10.9 Å². The third-order valence-corrected chi connectivity index (χ3v) is 6.16. The Labute approximate surface area is 172 Å². The SMILES string of the molecule is CCC(C)n1c(SCCN2C(=O)c3ccccc3C2=O)nc2ccccc2c1=O. The first-order chi connectivity index (χ1) is 14.0. The van der Waals surface area contributed by atoms with Gasteiger partial charge in [-0.1, -0.05) is 43.0 Å². The molecule has 0 spiro atoms. The predicted octanol–water partition coefficient (Wildman–Crippen LogP) is 3.76.